The highest BCUT2D eigenvalue weighted by atomic mass is 19.1. The van der Waals surface area contributed by atoms with Crippen molar-refractivity contribution in [1.82, 2.24) is 0 Å². The van der Waals surface area contributed by atoms with Crippen LogP contribution in [-0.4, -0.2) is 36.7 Å². The normalized spacial score (nSPS) is 15.2. The van der Waals surface area contributed by atoms with Crippen LogP contribution < -0.4 is 4.90 Å². The SMILES string of the molecule is O=C1COCC(=O)N1c1ccc(F)c(C#CCO)c1. The molecular formula is C13H10FNO4. The summed E-state index contributed by atoms with van der Waals surface area (Å²) in [5.74, 6) is 3.12. The Labute approximate surface area is 108 Å². The molecule has 19 heavy (non-hydrogen) atoms. The minimum atomic E-state index is -0.585. The summed E-state index contributed by atoms with van der Waals surface area (Å²) in [5.41, 5.74) is 0.251. The number of hydrogen-bond acceptors (Lipinski definition) is 4. The number of amides is 2. The first-order valence-electron chi connectivity index (χ1n) is 5.46. The van der Waals surface area contributed by atoms with Gasteiger partial charge in [0.2, 0.25) is 0 Å². The van der Waals surface area contributed by atoms with Crippen LogP contribution in [-0.2, 0) is 14.3 Å². The lowest BCUT2D eigenvalue weighted by Gasteiger charge is -2.25. The van der Waals surface area contributed by atoms with E-state index in [9.17, 15) is 14.0 Å². The molecule has 1 fully saturated rings. The Hall–Kier alpha value is -2.23. The number of aliphatic hydroxyl groups is 1. The lowest BCUT2D eigenvalue weighted by Crippen LogP contribution is -2.46. The Bertz CT molecular complexity index is 572. The summed E-state index contributed by atoms with van der Waals surface area (Å²) in [7, 11) is 0. The zero-order valence-corrected chi connectivity index (χ0v) is 9.85. The second-order valence-electron chi connectivity index (χ2n) is 3.74. The van der Waals surface area contributed by atoms with E-state index in [1.54, 1.807) is 0 Å². The number of anilines is 1. The molecule has 0 aromatic heterocycles. The molecule has 1 N–H and O–H groups in total. The van der Waals surface area contributed by atoms with E-state index < -0.39 is 24.2 Å². The number of ether oxygens (including phenoxy) is 1. The van der Waals surface area contributed by atoms with Gasteiger partial charge in [0, 0.05) is 0 Å². The number of nitrogens with zero attached hydrogens (tertiary/aromatic N) is 1. The maximum absolute atomic E-state index is 13.5. The molecule has 0 unspecified atom stereocenters. The third-order valence-electron chi connectivity index (χ3n) is 2.46. The van der Waals surface area contributed by atoms with Gasteiger partial charge < -0.3 is 9.84 Å². The van der Waals surface area contributed by atoms with Gasteiger partial charge in [-0.1, -0.05) is 11.8 Å². The van der Waals surface area contributed by atoms with Crippen LogP contribution in [0.1, 0.15) is 5.56 Å². The van der Waals surface area contributed by atoms with Crippen molar-refractivity contribution in [1.29, 1.82) is 0 Å². The van der Waals surface area contributed by atoms with Crippen molar-refractivity contribution in [2.24, 2.45) is 0 Å². The first-order chi connectivity index (χ1) is 9.13. The summed E-state index contributed by atoms with van der Waals surface area (Å²) in [5, 5.41) is 8.59. The van der Waals surface area contributed by atoms with Crippen molar-refractivity contribution in [2.45, 2.75) is 0 Å². The van der Waals surface area contributed by atoms with Crippen LogP contribution in [0.25, 0.3) is 0 Å². The molecule has 0 saturated carbocycles. The van der Waals surface area contributed by atoms with E-state index in [4.69, 9.17) is 9.84 Å². The number of rotatable bonds is 1. The van der Waals surface area contributed by atoms with Gasteiger partial charge in [-0.3, -0.25) is 9.59 Å². The number of benzene rings is 1. The molecule has 5 nitrogen and oxygen atoms in total. The number of morpholine rings is 1. The number of carbonyl (C=O) groups is 2. The van der Waals surface area contributed by atoms with E-state index in [0.29, 0.717) is 0 Å². The van der Waals surface area contributed by atoms with Crippen LogP contribution in [0.4, 0.5) is 10.1 Å². The second kappa shape index (κ2) is 5.61. The van der Waals surface area contributed by atoms with E-state index in [1.165, 1.54) is 12.1 Å². The summed E-state index contributed by atoms with van der Waals surface area (Å²) in [4.78, 5) is 24.2. The van der Waals surface area contributed by atoms with Gasteiger partial charge in [-0.15, -0.1) is 0 Å². The summed E-state index contributed by atoms with van der Waals surface area (Å²) in [6.07, 6.45) is 0. The van der Waals surface area contributed by atoms with Gasteiger partial charge in [0.15, 0.2) is 0 Å². The predicted molar refractivity (Wildman–Crippen MR) is 63.7 cm³/mol. The van der Waals surface area contributed by atoms with Crippen LogP contribution >= 0.6 is 0 Å². The summed E-state index contributed by atoms with van der Waals surface area (Å²) < 4.78 is 18.2. The molecule has 0 atom stereocenters. The van der Waals surface area contributed by atoms with Gasteiger partial charge in [0.25, 0.3) is 11.8 Å². The van der Waals surface area contributed by atoms with Crippen molar-refractivity contribution in [3.8, 4) is 11.8 Å². The molecular weight excluding hydrogens is 253 g/mol. The topological polar surface area (TPSA) is 66.8 Å². The molecule has 0 radical (unpaired) electrons. The molecule has 2 amide bonds. The van der Waals surface area contributed by atoms with Crippen molar-refractivity contribution in [3.63, 3.8) is 0 Å². The van der Waals surface area contributed by atoms with Gasteiger partial charge in [-0.05, 0) is 18.2 Å². The second-order valence-corrected chi connectivity index (χ2v) is 3.74. The zero-order valence-electron chi connectivity index (χ0n) is 9.85. The molecule has 0 bridgehead atoms. The molecule has 2 rings (SSSR count). The number of carbonyl (C=O) groups excluding carboxylic acids is 2. The summed E-state index contributed by atoms with van der Waals surface area (Å²) >= 11 is 0. The quantitative estimate of drug-likeness (QED) is 0.574. The van der Waals surface area contributed by atoms with Gasteiger partial charge in [-0.25, -0.2) is 9.29 Å². The molecule has 98 valence electrons. The van der Waals surface area contributed by atoms with Crippen molar-refractivity contribution in [3.05, 3.63) is 29.6 Å². The third-order valence-corrected chi connectivity index (χ3v) is 2.46. The average Bonchev–Trinajstić information content (AvgIpc) is 2.39. The highest BCUT2D eigenvalue weighted by Crippen LogP contribution is 2.20. The maximum Gasteiger partial charge on any atom is 0.259 e. The fourth-order valence-electron chi connectivity index (χ4n) is 1.66. The molecule has 1 aromatic carbocycles. The number of aliphatic hydroxyl groups excluding tert-OH is 1. The molecule has 1 aromatic rings. The van der Waals surface area contributed by atoms with Gasteiger partial charge in [-0.2, -0.15) is 0 Å². The van der Waals surface area contributed by atoms with Crippen LogP contribution in [0.3, 0.4) is 0 Å². The zero-order chi connectivity index (χ0) is 13.8. The standard InChI is InChI=1S/C13H10FNO4/c14-11-4-3-10(6-9(11)2-1-5-16)15-12(17)7-19-8-13(15)18/h3-4,6,16H,5,7-8H2. The summed E-state index contributed by atoms with van der Waals surface area (Å²) in [6.45, 7) is -0.791. The number of halogens is 1. The van der Waals surface area contributed by atoms with E-state index in [2.05, 4.69) is 11.8 Å². The Morgan fingerprint density at radius 1 is 1.32 bits per heavy atom. The first-order valence-corrected chi connectivity index (χ1v) is 5.46. The molecule has 1 aliphatic rings. The van der Waals surface area contributed by atoms with Gasteiger partial charge in [0.1, 0.15) is 25.6 Å². The maximum atomic E-state index is 13.5. The van der Waals surface area contributed by atoms with Crippen LogP contribution in [0.5, 0.6) is 0 Å². The number of imide groups is 1. The average molecular weight is 263 g/mol. The fourth-order valence-corrected chi connectivity index (χ4v) is 1.66. The molecule has 6 heteroatoms. The van der Waals surface area contributed by atoms with E-state index >= 15 is 0 Å². The van der Waals surface area contributed by atoms with Crippen molar-refractivity contribution in [2.75, 3.05) is 24.7 Å². The van der Waals surface area contributed by atoms with E-state index in [1.807, 2.05) is 0 Å². The first kappa shape index (κ1) is 13.2. The monoisotopic (exact) mass is 263 g/mol. The smallest absolute Gasteiger partial charge is 0.259 e. The van der Waals surface area contributed by atoms with Crippen LogP contribution in [0.2, 0.25) is 0 Å². The Morgan fingerprint density at radius 2 is 2.00 bits per heavy atom. The molecule has 1 saturated heterocycles. The highest BCUT2D eigenvalue weighted by molar-refractivity contribution is 6.17. The van der Waals surface area contributed by atoms with Crippen LogP contribution in [0.15, 0.2) is 18.2 Å². The van der Waals surface area contributed by atoms with Crippen LogP contribution in [0, 0.1) is 17.7 Å². The van der Waals surface area contributed by atoms with Gasteiger partial charge in [0.05, 0.1) is 11.3 Å². The lowest BCUT2D eigenvalue weighted by atomic mass is 10.1. The van der Waals surface area contributed by atoms with Gasteiger partial charge >= 0.3 is 0 Å². The minimum absolute atomic E-state index is 0.0126. The summed E-state index contributed by atoms with van der Waals surface area (Å²) in [6, 6.07) is 3.73. The Kier molecular flexibility index (Phi) is 3.90. The lowest BCUT2D eigenvalue weighted by molar-refractivity contribution is -0.138. The van der Waals surface area contributed by atoms with E-state index in [-0.39, 0.29) is 24.5 Å². The highest BCUT2D eigenvalue weighted by Gasteiger charge is 2.28. The predicted octanol–water partition coefficient (Wildman–Crippen LogP) is 0.0593. The molecule has 0 spiro atoms. The number of hydrogen-bond donors (Lipinski definition) is 1. The van der Waals surface area contributed by atoms with Crippen molar-refractivity contribution < 1.29 is 23.8 Å². The minimum Gasteiger partial charge on any atom is -0.384 e. The Morgan fingerprint density at radius 3 is 2.63 bits per heavy atom. The fraction of sp³-hybridized carbons (Fsp3) is 0.231. The molecule has 1 heterocycles. The molecule has 1 aliphatic heterocycles. The molecule has 0 aliphatic carbocycles. The Balaban J connectivity index is 2.39. The largest absolute Gasteiger partial charge is 0.384 e. The van der Waals surface area contributed by atoms with Crippen molar-refractivity contribution >= 4 is 17.5 Å². The third kappa shape index (κ3) is 2.78. The van der Waals surface area contributed by atoms with E-state index in [0.717, 1.165) is 11.0 Å².